The summed E-state index contributed by atoms with van der Waals surface area (Å²) in [4.78, 5) is 18.8. The molecule has 0 aliphatic rings. The van der Waals surface area contributed by atoms with Gasteiger partial charge in [0.05, 0.1) is 0 Å². The average molecular weight is 241 g/mol. The van der Waals surface area contributed by atoms with E-state index in [0.717, 1.165) is 22.3 Å². The molecule has 92 valence electrons. The molecule has 0 unspecified atom stereocenters. The zero-order chi connectivity index (χ0) is 13.0. The lowest BCUT2D eigenvalue weighted by Crippen LogP contribution is -2.11. The third-order valence-electron chi connectivity index (χ3n) is 2.88. The highest BCUT2D eigenvalue weighted by atomic mass is 16.1. The minimum absolute atomic E-state index is 0.275. The zero-order valence-corrected chi connectivity index (χ0v) is 10.3. The van der Waals surface area contributed by atoms with Crippen molar-refractivity contribution in [3.8, 4) is 11.1 Å². The van der Waals surface area contributed by atoms with Gasteiger partial charge in [0.25, 0.3) is 0 Å². The molecule has 18 heavy (non-hydrogen) atoms. The fourth-order valence-corrected chi connectivity index (χ4v) is 1.83. The number of carbonyl (C=O) groups is 1. The van der Waals surface area contributed by atoms with E-state index in [1.165, 1.54) is 6.33 Å². The molecular formula is C14H15N3O. The SMILES string of the molecule is Cc1ccc(-c2cncnc2)cc1CCC(N)=O. The molecule has 0 bridgehead atoms. The number of carbonyl (C=O) groups excluding carboxylic acids is 1. The minimum atomic E-state index is -0.275. The standard InChI is InChI=1S/C14H15N3O/c1-10-2-3-12(13-7-16-9-17-8-13)6-11(10)4-5-14(15)18/h2-3,6-9H,4-5H2,1H3,(H2,15,18). The summed E-state index contributed by atoms with van der Waals surface area (Å²) >= 11 is 0. The van der Waals surface area contributed by atoms with Crippen LogP contribution in [-0.4, -0.2) is 15.9 Å². The lowest BCUT2D eigenvalue weighted by Gasteiger charge is -2.08. The number of hydrogen-bond donors (Lipinski definition) is 1. The van der Waals surface area contributed by atoms with Gasteiger partial charge in [0.1, 0.15) is 6.33 Å². The van der Waals surface area contributed by atoms with Crippen molar-refractivity contribution in [2.75, 3.05) is 0 Å². The quantitative estimate of drug-likeness (QED) is 0.888. The number of primary amides is 1. The van der Waals surface area contributed by atoms with Crippen LogP contribution >= 0.6 is 0 Å². The highest BCUT2D eigenvalue weighted by Crippen LogP contribution is 2.21. The number of aromatic nitrogens is 2. The summed E-state index contributed by atoms with van der Waals surface area (Å²) in [7, 11) is 0. The van der Waals surface area contributed by atoms with Gasteiger partial charge in [-0.25, -0.2) is 9.97 Å². The van der Waals surface area contributed by atoms with Crippen molar-refractivity contribution in [2.24, 2.45) is 5.73 Å². The van der Waals surface area contributed by atoms with Crippen LogP contribution in [0, 0.1) is 6.92 Å². The topological polar surface area (TPSA) is 68.9 Å². The summed E-state index contributed by atoms with van der Waals surface area (Å²) in [5.74, 6) is -0.275. The van der Waals surface area contributed by atoms with Gasteiger partial charge in [-0.05, 0) is 30.0 Å². The molecule has 0 aliphatic heterocycles. The Labute approximate surface area is 106 Å². The Morgan fingerprint density at radius 3 is 2.61 bits per heavy atom. The van der Waals surface area contributed by atoms with Crippen molar-refractivity contribution >= 4 is 5.91 Å². The average Bonchev–Trinajstić information content (AvgIpc) is 2.38. The summed E-state index contributed by atoms with van der Waals surface area (Å²) in [6.07, 6.45) is 6.09. The van der Waals surface area contributed by atoms with Crippen molar-refractivity contribution in [3.63, 3.8) is 0 Å². The van der Waals surface area contributed by atoms with Gasteiger partial charge < -0.3 is 5.73 Å². The summed E-state index contributed by atoms with van der Waals surface area (Å²) in [6.45, 7) is 2.03. The molecule has 0 radical (unpaired) electrons. The number of aryl methyl sites for hydroxylation is 2. The van der Waals surface area contributed by atoms with Crippen molar-refractivity contribution in [1.29, 1.82) is 0 Å². The molecule has 0 fully saturated rings. The third kappa shape index (κ3) is 2.91. The van der Waals surface area contributed by atoms with Crippen LogP contribution in [0.25, 0.3) is 11.1 Å². The van der Waals surface area contributed by atoms with Crippen molar-refractivity contribution in [2.45, 2.75) is 19.8 Å². The summed E-state index contributed by atoms with van der Waals surface area (Å²) < 4.78 is 0. The van der Waals surface area contributed by atoms with Gasteiger partial charge in [-0.2, -0.15) is 0 Å². The van der Waals surface area contributed by atoms with Crippen LogP contribution in [0.15, 0.2) is 36.9 Å². The number of rotatable bonds is 4. The van der Waals surface area contributed by atoms with Crippen LogP contribution in [0.1, 0.15) is 17.5 Å². The molecule has 1 heterocycles. The molecule has 0 spiro atoms. The minimum Gasteiger partial charge on any atom is -0.370 e. The van der Waals surface area contributed by atoms with Gasteiger partial charge in [-0.1, -0.05) is 18.2 Å². The molecule has 4 nitrogen and oxygen atoms in total. The second-order valence-electron chi connectivity index (χ2n) is 4.23. The molecule has 2 aromatic rings. The van der Waals surface area contributed by atoms with Gasteiger partial charge in [0.2, 0.25) is 5.91 Å². The molecular weight excluding hydrogens is 226 g/mol. The van der Waals surface area contributed by atoms with Gasteiger partial charge in [-0.15, -0.1) is 0 Å². The van der Waals surface area contributed by atoms with Crippen molar-refractivity contribution < 1.29 is 4.79 Å². The maximum atomic E-state index is 10.8. The first kappa shape index (κ1) is 12.2. The van der Waals surface area contributed by atoms with Gasteiger partial charge in [0, 0.05) is 24.4 Å². The second-order valence-corrected chi connectivity index (χ2v) is 4.23. The fraction of sp³-hybridized carbons (Fsp3) is 0.214. The summed E-state index contributed by atoms with van der Waals surface area (Å²) in [5, 5.41) is 0. The Bertz CT molecular complexity index is 552. The highest BCUT2D eigenvalue weighted by Gasteiger charge is 2.04. The maximum absolute atomic E-state index is 10.8. The Morgan fingerprint density at radius 2 is 1.94 bits per heavy atom. The molecule has 0 atom stereocenters. The van der Waals surface area contributed by atoms with E-state index in [1.807, 2.05) is 19.1 Å². The second kappa shape index (κ2) is 5.40. The summed E-state index contributed by atoms with van der Waals surface area (Å²) in [5.41, 5.74) is 9.51. The first-order valence-corrected chi connectivity index (χ1v) is 5.80. The number of nitrogens with zero attached hydrogens (tertiary/aromatic N) is 2. The van der Waals surface area contributed by atoms with E-state index in [-0.39, 0.29) is 5.91 Å². The normalized spacial score (nSPS) is 10.3. The molecule has 1 aromatic heterocycles. The molecule has 2 N–H and O–H groups in total. The van der Waals surface area contributed by atoms with Crippen LogP contribution < -0.4 is 5.73 Å². The third-order valence-corrected chi connectivity index (χ3v) is 2.88. The van der Waals surface area contributed by atoms with E-state index in [0.29, 0.717) is 12.8 Å². The molecule has 2 rings (SSSR count). The number of benzene rings is 1. The maximum Gasteiger partial charge on any atom is 0.217 e. The molecule has 1 aromatic carbocycles. The van der Waals surface area contributed by atoms with E-state index < -0.39 is 0 Å². The van der Waals surface area contributed by atoms with Crippen LogP contribution in [0.4, 0.5) is 0 Å². The van der Waals surface area contributed by atoms with E-state index in [4.69, 9.17) is 5.73 Å². The largest absolute Gasteiger partial charge is 0.370 e. The predicted molar refractivity (Wildman–Crippen MR) is 69.7 cm³/mol. The van der Waals surface area contributed by atoms with Gasteiger partial charge in [-0.3, -0.25) is 4.79 Å². The van der Waals surface area contributed by atoms with E-state index >= 15 is 0 Å². The van der Waals surface area contributed by atoms with Crippen LogP contribution in [0.5, 0.6) is 0 Å². The van der Waals surface area contributed by atoms with Crippen LogP contribution in [0.2, 0.25) is 0 Å². The van der Waals surface area contributed by atoms with E-state index in [2.05, 4.69) is 16.0 Å². The smallest absolute Gasteiger partial charge is 0.217 e. The monoisotopic (exact) mass is 241 g/mol. The fourth-order valence-electron chi connectivity index (χ4n) is 1.83. The Kier molecular flexibility index (Phi) is 3.67. The van der Waals surface area contributed by atoms with Crippen LogP contribution in [0.3, 0.4) is 0 Å². The van der Waals surface area contributed by atoms with Crippen molar-refractivity contribution in [1.82, 2.24) is 9.97 Å². The van der Waals surface area contributed by atoms with E-state index in [1.54, 1.807) is 12.4 Å². The first-order chi connectivity index (χ1) is 8.66. The molecule has 0 saturated carbocycles. The summed E-state index contributed by atoms with van der Waals surface area (Å²) in [6, 6.07) is 6.14. The Balaban J connectivity index is 2.29. The predicted octanol–water partition coefficient (Wildman–Crippen LogP) is 1.87. The lowest BCUT2D eigenvalue weighted by atomic mass is 9.98. The molecule has 1 amide bonds. The number of nitrogens with two attached hydrogens (primary N) is 1. The first-order valence-electron chi connectivity index (χ1n) is 5.80. The highest BCUT2D eigenvalue weighted by molar-refractivity contribution is 5.74. The zero-order valence-electron chi connectivity index (χ0n) is 10.3. The van der Waals surface area contributed by atoms with E-state index in [9.17, 15) is 4.79 Å². The van der Waals surface area contributed by atoms with Crippen LogP contribution in [-0.2, 0) is 11.2 Å². The Hall–Kier alpha value is -2.23. The van der Waals surface area contributed by atoms with Gasteiger partial charge in [0.15, 0.2) is 0 Å². The lowest BCUT2D eigenvalue weighted by molar-refractivity contribution is -0.117. The van der Waals surface area contributed by atoms with Crippen molar-refractivity contribution in [3.05, 3.63) is 48.0 Å². The molecule has 0 saturated heterocycles. The van der Waals surface area contributed by atoms with Gasteiger partial charge >= 0.3 is 0 Å². The molecule has 0 aliphatic carbocycles. The Morgan fingerprint density at radius 1 is 1.22 bits per heavy atom. The number of hydrogen-bond acceptors (Lipinski definition) is 3. The number of amides is 1. The molecule has 4 heteroatoms.